The van der Waals surface area contributed by atoms with E-state index in [-0.39, 0.29) is 23.2 Å². The number of hydrogen-bond acceptors (Lipinski definition) is 4. The van der Waals surface area contributed by atoms with Gasteiger partial charge in [0.2, 0.25) is 5.91 Å². The molecule has 8 nitrogen and oxygen atoms in total. The number of aromatic nitrogens is 2. The number of aliphatic carboxylic acids is 1. The predicted octanol–water partition coefficient (Wildman–Crippen LogP) is 0.727. The standard InChI is InChI=1S/C14H21ClN4O4/c1-7(2)5-9(14(22)23)17-10(20)6-16-13(21)12-11(15)8(3)19(4)18-12/h7,9H,5-6H2,1-4H3,(H,16,21)(H,17,20)(H,22,23)/t9-/m0/s1. The Hall–Kier alpha value is -2.09. The van der Waals surface area contributed by atoms with Crippen LogP contribution in [0.2, 0.25) is 5.02 Å². The molecule has 0 radical (unpaired) electrons. The van der Waals surface area contributed by atoms with Gasteiger partial charge in [-0.1, -0.05) is 25.4 Å². The van der Waals surface area contributed by atoms with Crippen molar-refractivity contribution >= 4 is 29.4 Å². The van der Waals surface area contributed by atoms with Gasteiger partial charge < -0.3 is 15.7 Å². The molecule has 1 heterocycles. The van der Waals surface area contributed by atoms with Crippen molar-refractivity contribution in [3.63, 3.8) is 0 Å². The van der Waals surface area contributed by atoms with Crippen LogP contribution in [-0.4, -0.2) is 45.3 Å². The van der Waals surface area contributed by atoms with Gasteiger partial charge in [-0.15, -0.1) is 0 Å². The molecule has 128 valence electrons. The second-order valence-electron chi connectivity index (χ2n) is 5.64. The summed E-state index contributed by atoms with van der Waals surface area (Å²) in [5.74, 6) is -2.18. The molecule has 1 atom stereocenters. The van der Waals surface area contributed by atoms with Crippen LogP contribution < -0.4 is 10.6 Å². The number of hydrogen-bond donors (Lipinski definition) is 3. The van der Waals surface area contributed by atoms with Crippen LogP contribution in [-0.2, 0) is 16.6 Å². The van der Waals surface area contributed by atoms with E-state index >= 15 is 0 Å². The van der Waals surface area contributed by atoms with Crippen molar-refractivity contribution in [1.29, 1.82) is 0 Å². The molecule has 0 spiro atoms. The highest BCUT2D eigenvalue weighted by Gasteiger charge is 2.22. The lowest BCUT2D eigenvalue weighted by Gasteiger charge is -2.16. The van der Waals surface area contributed by atoms with Crippen molar-refractivity contribution in [2.24, 2.45) is 13.0 Å². The number of rotatable bonds is 7. The number of carbonyl (C=O) groups excluding carboxylic acids is 2. The number of nitrogens with zero attached hydrogens (tertiary/aromatic N) is 2. The Bertz CT molecular complexity index is 612. The fourth-order valence-corrected chi connectivity index (χ4v) is 2.16. The third-order valence-electron chi connectivity index (χ3n) is 3.23. The minimum atomic E-state index is -1.11. The molecule has 0 saturated heterocycles. The Morgan fingerprint density at radius 1 is 1.35 bits per heavy atom. The van der Waals surface area contributed by atoms with E-state index < -0.39 is 23.8 Å². The monoisotopic (exact) mass is 344 g/mol. The summed E-state index contributed by atoms with van der Waals surface area (Å²) in [5.41, 5.74) is 0.653. The van der Waals surface area contributed by atoms with E-state index in [1.54, 1.807) is 14.0 Å². The first-order valence-corrected chi connectivity index (χ1v) is 7.50. The summed E-state index contributed by atoms with van der Waals surface area (Å²) < 4.78 is 1.46. The first-order valence-electron chi connectivity index (χ1n) is 7.13. The maximum atomic E-state index is 12.0. The lowest BCUT2D eigenvalue weighted by molar-refractivity contribution is -0.142. The van der Waals surface area contributed by atoms with E-state index in [0.29, 0.717) is 12.1 Å². The van der Waals surface area contributed by atoms with E-state index in [0.717, 1.165) is 0 Å². The number of aryl methyl sites for hydroxylation is 1. The Balaban J connectivity index is 2.59. The lowest BCUT2D eigenvalue weighted by Crippen LogP contribution is -2.46. The van der Waals surface area contributed by atoms with Crippen LogP contribution in [0.1, 0.15) is 36.5 Å². The van der Waals surface area contributed by atoms with Crippen molar-refractivity contribution in [1.82, 2.24) is 20.4 Å². The van der Waals surface area contributed by atoms with Crippen LogP contribution in [0, 0.1) is 12.8 Å². The van der Waals surface area contributed by atoms with Crippen LogP contribution in [0.15, 0.2) is 0 Å². The van der Waals surface area contributed by atoms with E-state index in [2.05, 4.69) is 15.7 Å². The van der Waals surface area contributed by atoms with Crippen molar-refractivity contribution in [2.45, 2.75) is 33.2 Å². The predicted molar refractivity (Wildman–Crippen MR) is 84.3 cm³/mol. The summed E-state index contributed by atoms with van der Waals surface area (Å²) in [6.07, 6.45) is 0.306. The molecule has 0 aliphatic heterocycles. The smallest absolute Gasteiger partial charge is 0.326 e. The van der Waals surface area contributed by atoms with E-state index in [1.807, 2.05) is 13.8 Å². The molecule has 1 rings (SSSR count). The van der Waals surface area contributed by atoms with Gasteiger partial charge in [-0.3, -0.25) is 14.3 Å². The Morgan fingerprint density at radius 2 is 1.96 bits per heavy atom. The molecule has 2 amide bonds. The fourth-order valence-electron chi connectivity index (χ4n) is 1.91. The number of amides is 2. The second kappa shape index (κ2) is 7.96. The minimum absolute atomic E-state index is 0.0245. The van der Waals surface area contributed by atoms with Crippen molar-refractivity contribution < 1.29 is 19.5 Å². The van der Waals surface area contributed by atoms with Gasteiger partial charge in [-0.2, -0.15) is 5.10 Å². The molecule has 0 fully saturated rings. The van der Waals surface area contributed by atoms with Gasteiger partial charge in [-0.05, 0) is 19.3 Å². The first-order chi connectivity index (χ1) is 10.6. The molecule has 9 heteroatoms. The lowest BCUT2D eigenvalue weighted by atomic mass is 10.0. The van der Waals surface area contributed by atoms with Crippen LogP contribution >= 0.6 is 11.6 Å². The zero-order valence-corrected chi connectivity index (χ0v) is 14.3. The highest BCUT2D eigenvalue weighted by molar-refractivity contribution is 6.34. The van der Waals surface area contributed by atoms with Crippen molar-refractivity contribution in [3.05, 3.63) is 16.4 Å². The average molecular weight is 345 g/mol. The Morgan fingerprint density at radius 3 is 2.39 bits per heavy atom. The molecule has 0 saturated carbocycles. The van der Waals surface area contributed by atoms with Crippen LogP contribution in [0.5, 0.6) is 0 Å². The van der Waals surface area contributed by atoms with Gasteiger partial charge >= 0.3 is 5.97 Å². The molecule has 1 aromatic rings. The molecular formula is C14H21ClN4O4. The van der Waals surface area contributed by atoms with Crippen LogP contribution in [0.3, 0.4) is 0 Å². The van der Waals surface area contributed by atoms with Gasteiger partial charge in [0.1, 0.15) is 6.04 Å². The molecule has 3 N–H and O–H groups in total. The summed E-state index contributed by atoms with van der Waals surface area (Å²) in [7, 11) is 1.65. The van der Waals surface area contributed by atoms with E-state index in [9.17, 15) is 14.4 Å². The molecule has 0 aromatic carbocycles. The third kappa shape index (κ3) is 5.24. The summed E-state index contributed by atoms with van der Waals surface area (Å²) in [6.45, 7) is 5.07. The van der Waals surface area contributed by atoms with Crippen molar-refractivity contribution in [3.8, 4) is 0 Å². The molecule has 0 bridgehead atoms. The maximum absolute atomic E-state index is 12.0. The number of carboxylic acids is 1. The molecule has 23 heavy (non-hydrogen) atoms. The number of nitrogens with one attached hydrogen (secondary N) is 2. The zero-order valence-electron chi connectivity index (χ0n) is 13.5. The van der Waals surface area contributed by atoms with Gasteiger partial charge in [0, 0.05) is 7.05 Å². The molecule has 0 aliphatic rings. The van der Waals surface area contributed by atoms with Crippen LogP contribution in [0.4, 0.5) is 0 Å². The Labute approximate surface area is 139 Å². The quantitative estimate of drug-likeness (QED) is 0.674. The first kappa shape index (κ1) is 19.0. The van der Waals surface area contributed by atoms with E-state index in [1.165, 1.54) is 4.68 Å². The number of carbonyl (C=O) groups is 3. The molecule has 0 unspecified atom stereocenters. The fraction of sp³-hybridized carbons (Fsp3) is 0.571. The number of halogens is 1. The summed E-state index contributed by atoms with van der Waals surface area (Å²) >= 11 is 5.98. The highest BCUT2D eigenvalue weighted by atomic mass is 35.5. The third-order valence-corrected chi connectivity index (χ3v) is 3.68. The SMILES string of the molecule is Cc1c(Cl)c(C(=O)NCC(=O)N[C@@H](CC(C)C)C(=O)O)nn1C. The van der Waals surface area contributed by atoms with Gasteiger partial charge in [0.25, 0.3) is 5.91 Å². The largest absolute Gasteiger partial charge is 0.480 e. The van der Waals surface area contributed by atoms with Gasteiger partial charge in [0.15, 0.2) is 5.69 Å². The Kier molecular flexibility index (Phi) is 6.56. The maximum Gasteiger partial charge on any atom is 0.326 e. The van der Waals surface area contributed by atoms with Gasteiger partial charge in [-0.25, -0.2) is 4.79 Å². The molecular weight excluding hydrogens is 324 g/mol. The molecule has 1 aromatic heterocycles. The minimum Gasteiger partial charge on any atom is -0.480 e. The van der Waals surface area contributed by atoms with E-state index in [4.69, 9.17) is 16.7 Å². The zero-order chi connectivity index (χ0) is 17.7. The second-order valence-corrected chi connectivity index (χ2v) is 6.02. The molecule has 0 aliphatic carbocycles. The normalized spacial score (nSPS) is 12.1. The topological polar surface area (TPSA) is 113 Å². The van der Waals surface area contributed by atoms with Gasteiger partial charge in [0.05, 0.1) is 17.3 Å². The summed E-state index contributed by atoms with van der Waals surface area (Å²) in [4.78, 5) is 34.8. The summed E-state index contributed by atoms with van der Waals surface area (Å²) in [6, 6.07) is -0.986. The summed E-state index contributed by atoms with van der Waals surface area (Å²) in [5, 5.41) is 18.0. The van der Waals surface area contributed by atoms with Crippen LogP contribution in [0.25, 0.3) is 0 Å². The number of carboxylic acid groups (broad SMARTS) is 1. The highest BCUT2D eigenvalue weighted by Crippen LogP contribution is 2.18. The average Bonchev–Trinajstić information content (AvgIpc) is 2.71. The van der Waals surface area contributed by atoms with Crippen molar-refractivity contribution in [2.75, 3.05) is 6.54 Å².